The van der Waals surface area contributed by atoms with E-state index in [-0.39, 0.29) is 11.5 Å². The van der Waals surface area contributed by atoms with Gasteiger partial charge in [0, 0.05) is 6.54 Å². The SMILES string of the molecule is COc1ccc(OCCCNC(=O)c2ccc(C(=O)O)o2)cc1. The van der Waals surface area contributed by atoms with Crippen LogP contribution in [0.2, 0.25) is 0 Å². The van der Waals surface area contributed by atoms with Crippen molar-refractivity contribution in [2.75, 3.05) is 20.3 Å². The summed E-state index contributed by atoms with van der Waals surface area (Å²) in [4.78, 5) is 22.4. The van der Waals surface area contributed by atoms with Gasteiger partial charge in [-0.1, -0.05) is 0 Å². The van der Waals surface area contributed by atoms with Gasteiger partial charge in [0.2, 0.25) is 5.76 Å². The average Bonchev–Trinajstić information content (AvgIpc) is 3.05. The first-order chi connectivity index (χ1) is 11.1. The van der Waals surface area contributed by atoms with Crippen LogP contribution in [-0.4, -0.2) is 37.2 Å². The fraction of sp³-hybridized carbons (Fsp3) is 0.250. The first-order valence-electron chi connectivity index (χ1n) is 6.98. The van der Waals surface area contributed by atoms with E-state index >= 15 is 0 Å². The number of aromatic carboxylic acids is 1. The molecule has 0 atom stereocenters. The van der Waals surface area contributed by atoms with Crippen molar-refractivity contribution >= 4 is 11.9 Å². The molecule has 0 radical (unpaired) electrons. The van der Waals surface area contributed by atoms with Gasteiger partial charge in [0.1, 0.15) is 11.5 Å². The molecule has 0 fully saturated rings. The minimum absolute atomic E-state index is 0.0292. The summed E-state index contributed by atoms with van der Waals surface area (Å²) in [6.45, 7) is 0.823. The second-order valence-corrected chi connectivity index (χ2v) is 4.60. The first kappa shape index (κ1) is 16.4. The Bertz CT molecular complexity index is 661. The van der Waals surface area contributed by atoms with Crippen LogP contribution in [0.25, 0.3) is 0 Å². The summed E-state index contributed by atoms with van der Waals surface area (Å²) in [5, 5.41) is 11.3. The summed E-state index contributed by atoms with van der Waals surface area (Å²) in [6.07, 6.45) is 0.601. The van der Waals surface area contributed by atoms with Gasteiger partial charge in [0.15, 0.2) is 5.76 Å². The minimum Gasteiger partial charge on any atom is -0.497 e. The predicted octanol–water partition coefficient (Wildman–Crippen LogP) is 2.19. The molecule has 1 aromatic carbocycles. The number of carboxylic acids is 1. The third-order valence-electron chi connectivity index (χ3n) is 2.98. The number of amides is 1. The molecule has 2 rings (SSSR count). The molecule has 23 heavy (non-hydrogen) atoms. The summed E-state index contributed by atoms with van der Waals surface area (Å²) < 4.78 is 15.5. The van der Waals surface area contributed by atoms with E-state index < -0.39 is 11.9 Å². The highest BCUT2D eigenvalue weighted by Crippen LogP contribution is 2.16. The molecule has 0 bridgehead atoms. The van der Waals surface area contributed by atoms with Crippen LogP contribution in [0.4, 0.5) is 0 Å². The van der Waals surface area contributed by atoms with Gasteiger partial charge in [-0.05, 0) is 42.8 Å². The van der Waals surface area contributed by atoms with Crippen molar-refractivity contribution in [2.45, 2.75) is 6.42 Å². The predicted molar refractivity (Wildman–Crippen MR) is 81.1 cm³/mol. The van der Waals surface area contributed by atoms with E-state index in [9.17, 15) is 9.59 Å². The fourth-order valence-corrected chi connectivity index (χ4v) is 1.80. The summed E-state index contributed by atoms with van der Waals surface area (Å²) in [6, 6.07) is 9.76. The lowest BCUT2D eigenvalue weighted by atomic mass is 10.3. The van der Waals surface area contributed by atoms with Crippen molar-refractivity contribution in [2.24, 2.45) is 0 Å². The summed E-state index contributed by atoms with van der Waals surface area (Å²) in [7, 11) is 1.59. The van der Waals surface area contributed by atoms with E-state index in [2.05, 4.69) is 5.32 Å². The van der Waals surface area contributed by atoms with Crippen LogP contribution < -0.4 is 14.8 Å². The largest absolute Gasteiger partial charge is 0.497 e. The molecule has 0 saturated carbocycles. The van der Waals surface area contributed by atoms with Gasteiger partial charge in [-0.3, -0.25) is 4.79 Å². The molecule has 2 N–H and O–H groups in total. The van der Waals surface area contributed by atoms with Crippen LogP contribution in [0.1, 0.15) is 27.5 Å². The van der Waals surface area contributed by atoms with Crippen LogP contribution in [0.5, 0.6) is 11.5 Å². The van der Waals surface area contributed by atoms with Crippen molar-refractivity contribution in [3.8, 4) is 11.5 Å². The number of hydrogen-bond acceptors (Lipinski definition) is 5. The summed E-state index contributed by atoms with van der Waals surface area (Å²) in [5.41, 5.74) is 0. The van der Waals surface area contributed by atoms with E-state index in [4.69, 9.17) is 19.0 Å². The minimum atomic E-state index is -1.21. The fourth-order valence-electron chi connectivity index (χ4n) is 1.80. The van der Waals surface area contributed by atoms with Gasteiger partial charge < -0.3 is 24.3 Å². The zero-order valence-corrected chi connectivity index (χ0v) is 12.6. The number of carboxylic acid groups (broad SMARTS) is 1. The van der Waals surface area contributed by atoms with Gasteiger partial charge in [0.05, 0.1) is 13.7 Å². The monoisotopic (exact) mass is 319 g/mol. The van der Waals surface area contributed by atoms with Gasteiger partial charge in [-0.2, -0.15) is 0 Å². The normalized spacial score (nSPS) is 10.1. The van der Waals surface area contributed by atoms with E-state index in [1.807, 2.05) is 0 Å². The van der Waals surface area contributed by atoms with Gasteiger partial charge in [0.25, 0.3) is 5.91 Å². The molecule has 0 aliphatic heterocycles. The lowest BCUT2D eigenvalue weighted by molar-refractivity contribution is 0.0659. The maximum Gasteiger partial charge on any atom is 0.371 e. The molecule has 122 valence electrons. The number of rotatable bonds is 8. The Morgan fingerprint density at radius 3 is 2.35 bits per heavy atom. The Morgan fingerprint density at radius 2 is 1.74 bits per heavy atom. The highest BCUT2D eigenvalue weighted by Gasteiger charge is 2.14. The molecule has 0 aliphatic carbocycles. The molecule has 0 spiro atoms. The molecule has 0 saturated heterocycles. The third kappa shape index (κ3) is 4.77. The van der Waals surface area contributed by atoms with Crippen LogP contribution in [0.3, 0.4) is 0 Å². The maximum absolute atomic E-state index is 11.7. The van der Waals surface area contributed by atoms with Crippen molar-refractivity contribution in [1.82, 2.24) is 5.32 Å². The van der Waals surface area contributed by atoms with Crippen molar-refractivity contribution < 1.29 is 28.6 Å². The second kappa shape index (κ2) is 7.88. The Labute approximate surface area is 132 Å². The topological polar surface area (TPSA) is 98.0 Å². The molecule has 0 aliphatic rings. The molecule has 1 aromatic heterocycles. The lowest BCUT2D eigenvalue weighted by Crippen LogP contribution is -2.25. The molecule has 7 nitrogen and oxygen atoms in total. The summed E-state index contributed by atoms with van der Waals surface area (Å²) in [5.74, 6) is -0.492. The number of carbonyl (C=O) groups excluding carboxylic acids is 1. The van der Waals surface area contributed by atoms with E-state index in [1.54, 1.807) is 31.4 Å². The Balaban J connectivity index is 1.68. The van der Waals surface area contributed by atoms with E-state index in [0.717, 1.165) is 5.75 Å². The number of ether oxygens (including phenoxy) is 2. The highest BCUT2D eigenvalue weighted by molar-refractivity contribution is 5.93. The number of furan rings is 1. The van der Waals surface area contributed by atoms with Crippen molar-refractivity contribution in [3.63, 3.8) is 0 Å². The van der Waals surface area contributed by atoms with Crippen molar-refractivity contribution in [3.05, 3.63) is 47.9 Å². The first-order valence-corrected chi connectivity index (χ1v) is 6.98. The van der Waals surface area contributed by atoms with Crippen LogP contribution >= 0.6 is 0 Å². The number of nitrogens with one attached hydrogen (secondary N) is 1. The molecular formula is C16H17NO6. The molecule has 7 heteroatoms. The number of methoxy groups -OCH3 is 1. The van der Waals surface area contributed by atoms with Crippen LogP contribution in [-0.2, 0) is 0 Å². The Hall–Kier alpha value is -2.96. The van der Waals surface area contributed by atoms with Crippen molar-refractivity contribution in [1.29, 1.82) is 0 Å². The average molecular weight is 319 g/mol. The molecule has 2 aromatic rings. The molecule has 0 unspecified atom stereocenters. The Morgan fingerprint density at radius 1 is 1.09 bits per heavy atom. The number of carbonyl (C=O) groups is 2. The molecule has 1 amide bonds. The second-order valence-electron chi connectivity index (χ2n) is 4.60. The van der Waals surface area contributed by atoms with Gasteiger partial charge in [-0.25, -0.2) is 4.79 Å². The van der Waals surface area contributed by atoms with Crippen LogP contribution in [0, 0.1) is 0 Å². The third-order valence-corrected chi connectivity index (χ3v) is 2.98. The zero-order chi connectivity index (χ0) is 16.7. The smallest absolute Gasteiger partial charge is 0.371 e. The zero-order valence-electron chi connectivity index (χ0n) is 12.6. The summed E-state index contributed by atoms with van der Waals surface area (Å²) >= 11 is 0. The van der Waals surface area contributed by atoms with Gasteiger partial charge in [-0.15, -0.1) is 0 Å². The Kier molecular flexibility index (Phi) is 5.62. The molecule has 1 heterocycles. The maximum atomic E-state index is 11.7. The standard InChI is InChI=1S/C16H17NO6/c1-21-11-3-5-12(6-4-11)22-10-2-9-17-15(18)13-7-8-14(23-13)16(19)20/h3-8H,2,9-10H2,1H3,(H,17,18)(H,19,20). The highest BCUT2D eigenvalue weighted by atomic mass is 16.5. The van der Waals surface area contributed by atoms with E-state index in [0.29, 0.717) is 25.3 Å². The van der Waals surface area contributed by atoms with Crippen LogP contribution in [0.15, 0.2) is 40.8 Å². The quantitative estimate of drug-likeness (QED) is 0.724. The van der Waals surface area contributed by atoms with E-state index in [1.165, 1.54) is 12.1 Å². The molecular weight excluding hydrogens is 302 g/mol. The number of benzene rings is 1. The lowest BCUT2D eigenvalue weighted by Gasteiger charge is -2.07. The number of hydrogen-bond donors (Lipinski definition) is 2. The van der Waals surface area contributed by atoms with Gasteiger partial charge >= 0.3 is 5.97 Å².